The Labute approximate surface area is 321 Å². The van der Waals surface area contributed by atoms with Crippen molar-refractivity contribution in [2.75, 3.05) is 0 Å². The molecule has 1 fully saturated rings. The topological polar surface area (TPSA) is 0 Å². The Morgan fingerprint density at radius 3 is 1.47 bits per heavy atom. The summed E-state index contributed by atoms with van der Waals surface area (Å²) in [4.78, 5) is 0. The van der Waals surface area contributed by atoms with Crippen molar-refractivity contribution in [1.82, 2.24) is 0 Å². The summed E-state index contributed by atoms with van der Waals surface area (Å²) in [5.74, 6) is 2.05. The van der Waals surface area contributed by atoms with Crippen molar-refractivity contribution in [2.24, 2.45) is 17.8 Å². The van der Waals surface area contributed by atoms with Gasteiger partial charge in [0, 0.05) is 0 Å². The molecule has 1 unspecified atom stereocenters. The van der Waals surface area contributed by atoms with Crippen LogP contribution in [0.1, 0.15) is 227 Å². The Morgan fingerprint density at radius 1 is 0.673 bits per heavy atom. The van der Waals surface area contributed by atoms with Crippen LogP contribution in [0.5, 0.6) is 0 Å². The summed E-state index contributed by atoms with van der Waals surface area (Å²) < 4.78 is 0. The van der Waals surface area contributed by atoms with E-state index < -0.39 is 0 Å². The highest BCUT2D eigenvalue weighted by molar-refractivity contribution is 7.80. The summed E-state index contributed by atoms with van der Waals surface area (Å²) in [6.45, 7) is 40.5. The van der Waals surface area contributed by atoms with Crippen LogP contribution >= 0.6 is 12.6 Å². The van der Waals surface area contributed by atoms with Crippen molar-refractivity contribution in [3.8, 4) is 0 Å². The molecule has 0 aliphatic heterocycles. The number of unbranched alkanes of at least 4 members (excludes halogenated alkanes) is 4. The Morgan fingerprint density at radius 2 is 1.14 bits per heavy atom. The lowest BCUT2D eigenvalue weighted by Crippen LogP contribution is -2.02. The fourth-order valence-corrected chi connectivity index (χ4v) is 4.83. The Hall–Kier alpha value is -0.950. The van der Waals surface area contributed by atoms with Gasteiger partial charge in [0.2, 0.25) is 0 Å². The lowest BCUT2D eigenvalue weighted by atomic mass is 9.87. The predicted molar refractivity (Wildman–Crippen MR) is 242 cm³/mol. The zero-order chi connectivity index (χ0) is 39.3. The summed E-state index contributed by atoms with van der Waals surface area (Å²) >= 11 is 4.18. The van der Waals surface area contributed by atoms with Crippen molar-refractivity contribution < 1.29 is 0 Å². The molecule has 49 heavy (non-hydrogen) atoms. The van der Waals surface area contributed by atoms with E-state index in [0.717, 1.165) is 12.3 Å². The predicted octanol–water partition coefficient (Wildman–Crippen LogP) is 18.6. The van der Waals surface area contributed by atoms with Gasteiger partial charge in [0.15, 0.2) is 0 Å². The molecule has 0 bridgehead atoms. The molecule has 1 rings (SSSR count). The van der Waals surface area contributed by atoms with Gasteiger partial charge >= 0.3 is 0 Å². The first-order valence-corrected chi connectivity index (χ1v) is 21.9. The van der Waals surface area contributed by atoms with Gasteiger partial charge in [-0.05, 0) is 105 Å². The molecule has 0 saturated heterocycles. The van der Waals surface area contributed by atoms with Gasteiger partial charge in [-0.1, -0.05) is 204 Å². The molecular formula is C48H98S. The zero-order valence-corrected chi connectivity index (χ0v) is 38.3. The van der Waals surface area contributed by atoms with E-state index in [0.29, 0.717) is 17.1 Å². The van der Waals surface area contributed by atoms with E-state index in [4.69, 9.17) is 0 Å². The molecule has 1 aliphatic carbocycles. The second-order valence-electron chi connectivity index (χ2n) is 13.8. The van der Waals surface area contributed by atoms with Gasteiger partial charge < -0.3 is 0 Å². The number of thiol groups is 1. The molecule has 0 spiro atoms. The van der Waals surface area contributed by atoms with Crippen LogP contribution in [-0.2, 0) is 0 Å². The van der Waals surface area contributed by atoms with Gasteiger partial charge in [0.1, 0.15) is 0 Å². The molecule has 1 aliphatic rings. The van der Waals surface area contributed by atoms with Crippen LogP contribution in [0.3, 0.4) is 0 Å². The van der Waals surface area contributed by atoms with Gasteiger partial charge in [-0.25, -0.2) is 0 Å². The molecule has 0 heterocycles. The molecule has 1 heteroatoms. The average molecular weight is 707 g/mol. The normalized spacial score (nSPS) is 15.6. The monoisotopic (exact) mass is 707 g/mol. The van der Waals surface area contributed by atoms with E-state index in [1.165, 1.54) is 108 Å². The molecule has 0 aromatic carbocycles. The Kier molecular flexibility index (Phi) is 66.1. The summed E-state index contributed by atoms with van der Waals surface area (Å²) in [6, 6.07) is 0. The summed E-state index contributed by atoms with van der Waals surface area (Å²) in [5.41, 5.74) is 4.72. The molecule has 1 saturated carbocycles. The van der Waals surface area contributed by atoms with Gasteiger partial charge in [-0.15, -0.1) is 0 Å². The number of rotatable bonds is 15. The van der Waals surface area contributed by atoms with E-state index in [2.05, 4.69) is 153 Å². The first kappa shape index (κ1) is 60.2. The lowest BCUT2D eigenvalue weighted by Gasteiger charge is -2.19. The van der Waals surface area contributed by atoms with Crippen LogP contribution in [0.2, 0.25) is 0 Å². The van der Waals surface area contributed by atoms with Crippen LogP contribution in [-0.4, -0.2) is 5.25 Å². The maximum absolute atomic E-state index is 4.18. The minimum atomic E-state index is 0.593. The largest absolute Gasteiger partial charge is 0.176 e. The quantitative estimate of drug-likeness (QED) is 0.0745. The maximum atomic E-state index is 4.18. The number of hydrogen-bond acceptors (Lipinski definition) is 1. The summed E-state index contributed by atoms with van der Waals surface area (Å²) in [6.07, 6.45) is 36.0. The minimum Gasteiger partial charge on any atom is -0.176 e. The molecule has 0 aromatic heterocycles. The highest BCUT2D eigenvalue weighted by atomic mass is 32.1. The zero-order valence-electron chi connectivity index (χ0n) is 37.4. The molecular weight excluding hydrogens is 609 g/mol. The van der Waals surface area contributed by atoms with E-state index in [1.54, 1.807) is 11.1 Å². The third-order valence-electron chi connectivity index (χ3n) is 7.32. The first-order valence-electron chi connectivity index (χ1n) is 21.4. The third kappa shape index (κ3) is 56.7. The highest BCUT2D eigenvalue weighted by Gasteiger charge is 2.11. The van der Waals surface area contributed by atoms with E-state index in [-0.39, 0.29) is 0 Å². The smallest absolute Gasteiger partial charge is 0.00117 e. The number of allylic oxidation sites excluding steroid dienone is 9. The van der Waals surface area contributed by atoms with Gasteiger partial charge in [0.05, 0.1) is 0 Å². The number of hydrogen-bond donors (Lipinski definition) is 1. The summed E-state index contributed by atoms with van der Waals surface area (Å²) in [5, 5.41) is 0.593. The molecule has 0 N–H and O–H groups in total. The maximum Gasteiger partial charge on any atom is -0.00117 e. The van der Waals surface area contributed by atoms with E-state index in [1.807, 2.05) is 19.9 Å². The van der Waals surface area contributed by atoms with Gasteiger partial charge in [-0.2, -0.15) is 12.6 Å². The molecule has 296 valence electrons. The van der Waals surface area contributed by atoms with Crippen molar-refractivity contribution in [2.45, 2.75) is 232 Å². The van der Waals surface area contributed by atoms with Crippen LogP contribution in [0, 0.1) is 17.8 Å². The van der Waals surface area contributed by atoms with Crippen molar-refractivity contribution in [3.63, 3.8) is 0 Å². The van der Waals surface area contributed by atoms with Crippen LogP contribution in [0.4, 0.5) is 0 Å². The molecule has 3 atom stereocenters. The third-order valence-corrected chi connectivity index (χ3v) is 7.58. The Balaban J connectivity index is -0.000000133. The summed E-state index contributed by atoms with van der Waals surface area (Å²) in [7, 11) is 0. The van der Waals surface area contributed by atoms with Gasteiger partial charge in [-0.3, -0.25) is 0 Å². The first-order chi connectivity index (χ1) is 23.4. The van der Waals surface area contributed by atoms with E-state index >= 15 is 0 Å². The highest BCUT2D eigenvalue weighted by Crippen LogP contribution is 2.30. The fraction of sp³-hybridized carbons (Fsp3) is 0.792. The lowest BCUT2D eigenvalue weighted by molar-refractivity contribution is 0.554. The van der Waals surface area contributed by atoms with Crippen LogP contribution in [0.15, 0.2) is 59.8 Å². The molecule has 0 amide bonds. The van der Waals surface area contributed by atoms with E-state index in [9.17, 15) is 0 Å². The molecule has 0 aromatic rings. The Bertz CT molecular complexity index is 698. The standard InChI is InChI=1S/C19H34.C13H22.C5H12S.3C3H8.C2H6/c1-4-5-6-7-8-13-18-14-9-10-15-19(18)16-11-12-17(2)3;1-6-9-11(4)12(5)10-13(7-2)8-3;1-3-4-5(2)6;3*1-3-2;1-2/h13,16-17H,4-12,14-15H2,1-3H3;6-7,9-12H,2,8H2,1,3-5H3;5-6H,3-4H2,1-2H3;3*3H2,1-2H3;1-2H3/b18-13-,19-16-;9-6?,13-10+;;;;;/t;11-,12?;5-;;;;/m.11..../s1. The molecule has 0 nitrogen and oxygen atoms in total. The molecule has 0 radical (unpaired) electrons. The van der Waals surface area contributed by atoms with Crippen LogP contribution < -0.4 is 0 Å². The van der Waals surface area contributed by atoms with Crippen molar-refractivity contribution in [3.05, 3.63) is 59.8 Å². The van der Waals surface area contributed by atoms with Crippen molar-refractivity contribution >= 4 is 12.6 Å². The minimum absolute atomic E-state index is 0.593. The fourth-order valence-electron chi connectivity index (χ4n) is 4.57. The van der Waals surface area contributed by atoms with Gasteiger partial charge in [0.25, 0.3) is 0 Å². The average Bonchev–Trinajstić information content (AvgIpc) is 3.06. The SMILES string of the molecule is C=C/C(=C\C(C)[C@H](C)C=CC)CC.CC.CCC.CCC.CCC.CCCCCC/C=C1/CCCC/C1=C/CCC(C)C.CCC[C@@H](C)S. The second-order valence-corrected chi connectivity index (χ2v) is 14.7. The van der Waals surface area contributed by atoms with Crippen molar-refractivity contribution in [1.29, 1.82) is 0 Å². The second kappa shape index (κ2) is 53.8. The van der Waals surface area contributed by atoms with Crippen LogP contribution in [0.25, 0.3) is 0 Å².